The number of cyclic esters (lactones) is 1. The highest BCUT2D eigenvalue weighted by Crippen LogP contribution is 2.32. The molecule has 100 valence electrons. The first kappa shape index (κ1) is 11.9. The van der Waals surface area contributed by atoms with Crippen LogP contribution in [0.3, 0.4) is 0 Å². The van der Waals surface area contributed by atoms with Crippen LogP contribution < -0.4 is 0 Å². The van der Waals surface area contributed by atoms with Gasteiger partial charge in [-0.15, -0.1) is 0 Å². The summed E-state index contributed by atoms with van der Waals surface area (Å²) in [4.78, 5) is 11.9. The van der Waals surface area contributed by atoms with Gasteiger partial charge in [0.15, 0.2) is 0 Å². The molecule has 1 aliphatic heterocycles. The zero-order chi connectivity index (χ0) is 14.2. The highest BCUT2D eigenvalue weighted by Gasteiger charge is 2.25. The SMILES string of the molecule is O=C1O/C(=C/c2cccc3ccccc23)c2ccccc21. The third-order valence-corrected chi connectivity index (χ3v) is 3.73. The summed E-state index contributed by atoms with van der Waals surface area (Å²) in [5, 5.41) is 2.32. The van der Waals surface area contributed by atoms with Crippen molar-refractivity contribution in [3.8, 4) is 0 Å². The molecule has 0 amide bonds. The Morgan fingerprint density at radius 2 is 1.48 bits per heavy atom. The highest BCUT2D eigenvalue weighted by atomic mass is 16.5. The number of hydrogen-bond acceptors (Lipinski definition) is 2. The van der Waals surface area contributed by atoms with Crippen molar-refractivity contribution in [3.05, 3.63) is 83.4 Å². The van der Waals surface area contributed by atoms with Gasteiger partial charge in [0.2, 0.25) is 0 Å². The molecule has 0 spiro atoms. The predicted octanol–water partition coefficient (Wildman–Crippen LogP) is 4.51. The number of carbonyl (C=O) groups excluding carboxylic acids is 1. The van der Waals surface area contributed by atoms with Crippen LogP contribution in [-0.4, -0.2) is 5.97 Å². The Hall–Kier alpha value is -2.87. The third-order valence-electron chi connectivity index (χ3n) is 3.73. The van der Waals surface area contributed by atoms with Crippen LogP contribution in [0, 0.1) is 0 Å². The fraction of sp³-hybridized carbons (Fsp3) is 0. The summed E-state index contributed by atoms with van der Waals surface area (Å²) in [6, 6.07) is 21.8. The highest BCUT2D eigenvalue weighted by molar-refractivity contribution is 6.07. The van der Waals surface area contributed by atoms with E-state index in [1.165, 1.54) is 5.39 Å². The summed E-state index contributed by atoms with van der Waals surface area (Å²) in [5.74, 6) is 0.337. The monoisotopic (exact) mass is 272 g/mol. The Balaban J connectivity index is 1.91. The molecule has 0 fully saturated rings. The third kappa shape index (κ3) is 1.93. The Morgan fingerprint density at radius 3 is 2.38 bits per heavy atom. The van der Waals surface area contributed by atoms with Gasteiger partial charge in [0, 0.05) is 5.56 Å². The molecule has 0 atom stereocenters. The van der Waals surface area contributed by atoms with E-state index in [1.54, 1.807) is 6.07 Å². The molecule has 3 aromatic carbocycles. The summed E-state index contributed by atoms with van der Waals surface area (Å²) in [7, 11) is 0. The van der Waals surface area contributed by atoms with Crippen LogP contribution in [0.5, 0.6) is 0 Å². The van der Waals surface area contributed by atoms with Crippen molar-refractivity contribution in [2.45, 2.75) is 0 Å². The maximum absolute atomic E-state index is 11.9. The van der Waals surface area contributed by atoms with E-state index < -0.39 is 0 Å². The number of carbonyl (C=O) groups is 1. The Labute approximate surface area is 122 Å². The largest absolute Gasteiger partial charge is 0.422 e. The number of ether oxygens (including phenoxy) is 1. The zero-order valence-corrected chi connectivity index (χ0v) is 11.2. The van der Waals surface area contributed by atoms with Crippen molar-refractivity contribution in [2.75, 3.05) is 0 Å². The van der Waals surface area contributed by atoms with E-state index in [2.05, 4.69) is 18.2 Å². The van der Waals surface area contributed by atoms with Crippen LogP contribution in [0.1, 0.15) is 21.5 Å². The summed E-state index contributed by atoms with van der Waals surface area (Å²) in [6.45, 7) is 0. The second kappa shape index (κ2) is 4.60. The minimum atomic E-state index is -0.280. The molecule has 3 aromatic rings. The van der Waals surface area contributed by atoms with E-state index >= 15 is 0 Å². The molecule has 1 aliphatic rings. The number of esters is 1. The van der Waals surface area contributed by atoms with Gasteiger partial charge >= 0.3 is 5.97 Å². The zero-order valence-electron chi connectivity index (χ0n) is 11.2. The number of benzene rings is 3. The second-order valence-corrected chi connectivity index (χ2v) is 5.01. The minimum absolute atomic E-state index is 0.280. The molecule has 0 saturated carbocycles. The fourth-order valence-corrected chi connectivity index (χ4v) is 2.71. The van der Waals surface area contributed by atoms with Gasteiger partial charge < -0.3 is 4.74 Å². The summed E-state index contributed by atoms with van der Waals surface area (Å²) >= 11 is 0. The van der Waals surface area contributed by atoms with Crippen LogP contribution in [-0.2, 0) is 4.74 Å². The maximum Gasteiger partial charge on any atom is 0.344 e. The van der Waals surface area contributed by atoms with Crippen LogP contribution in [0.4, 0.5) is 0 Å². The lowest BCUT2D eigenvalue weighted by atomic mass is 10.0. The standard InChI is InChI=1S/C19H12O2/c20-19-17-11-4-3-10-16(17)18(21-19)12-14-8-5-7-13-6-1-2-9-15(13)14/h1-12H/b18-12+. The van der Waals surface area contributed by atoms with Crippen molar-refractivity contribution in [1.29, 1.82) is 0 Å². The van der Waals surface area contributed by atoms with Crippen molar-refractivity contribution >= 4 is 28.6 Å². The van der Waals surface area contributed by atoms with Gasteiger partial charge in [-0.3, -0.25) is 0 Å². The summed E-state index contributed by atoms with van der Waals surface area (Å²) in [5.41, 5.74) is 2.53. The lowest BCUT2D eigenvalue weighted by Crippen LogP contribution is -1.92. The molecule has 0 aromatic heterocycles. The van der Waals surface area contributed by atoms with E-state index in [0.717, 1.165) is 16.5 Å². The molecule has 0 saturated heterocycles. The van der Waals surface area contributed by atoms with Crippen molar-refractivity contribution in [2.24, 2.45) is 0 Å². The molecule has 0 unspecified atom stereocenters. The molecule has 0 radical (unpaired) electrons. The van der Waals surface area contributed by atoms with Gasteiger partial charge in [-0.2, -0.15) is 0 Å². The maximum atomic E-state index is 11.9. The molecule has 0 bridgehead atoms. The average molecular weight is 272 g/mol. The van der Waals surface area contributed by atoms with Crippen LogP contribution in [0.25, 0.3) is 22.6 Å². The van der Waals surface area contributed by atoms with Gasteiger partial charge in [-0.05, 0) is 28.5 Å². The minimum Gasteiger partial charge on any atom is -0.422 e. The molecule has 0 N–H and O–H groups in total. The number of hydrogen-bond donors (Lipinski definition) is 0. The van der Waals surface area contributed by atoms with Gasteiger partial charge in [0.1, 0.15) is 5.76 Å². The molecule has 0 aliphatic carbocycles. The van der Waals surface area contributed by atoms with E-state index in [4.69, 9.17) is 4.74 Å². The topological polar surface area (TPSA) is 26.3 Å². The normalized spacial score (nSPS) is 15.2. The van der Waals surface area contributed by atoms with Crippen molar-refractivity contribution < 1.29 is 9.53 Å². The van der Waals surface area contributed by atoms with Gasteiger partial charge in [-0.25, -0.2) is 4.79 Å². The first-order chi connectivity index (χ1) is 10.3. The van der Waals surface area contributed by atoms with Gasteiger partial charge in [-0.1, -0.05) is 60.7 Å². The average Bonchev–Trinajstić information content (AvgIpc) is 2.85. The van der Waals surface area contributed by atoms with Crippen LogP contribution in [0.15, 0.2) is 66.7 Å². The lowest BCUT2D eigenvalue weighted by Gasteiger charge is -2.03. The molecular weight excluding hydrogens is 260 g/mol. The van der Waals surface area contributed by atoms with Crippen molar-refractivity contribution in [3.63, 3.8) is 0 Å². The molecule has 4 rings (SSSR count). The molecule has 1 heterocycles. The fourth-order valence-electron chi connectivity index (χ4n) is 2.71. The number of fused-ring (bicyclic) bond motifs is 2. The first-order valence-electron chi connectivity index (χ1n) is 6.84. The van der Waals surface area contributed by atoms with E-state index in [1.807, 2.05) is 48.5 Å². The number of rotatable bonds is 1. The summed E-state index contributed by atoms with van der Waals surface area (Å²) < 4.78 is 5.41. The molecule has 2 nitrogen and oxygen atoms in total. The van der Waals surface area contributed by atoms with E-state index in [9.17, 15) is 4.79 Å². The van der Waals surface area contributed by atoms with Gasteiger partial charge in [0.25, 0.3) is 0 Å². The molecule has 21 heavy (non-hydrogen) atoms. The first-order valence-corrected chi connectivity index (χ1v) is 6.84. The Bertz CT molecular complexity index is 885. The summed E-state index contributed by atoms with van der Waals surface area (Å²) in [6.07, 6.45) is 1.94. The Morgan fingerprint density at radius 1 is 0.762 bits per heavy atom. The van der Waals surface area contributed by atoms with Crippen LogP contribution >= 0.6 is 0 Å². The lowest BCUT2D eigenvalue weighted by molar-refractivity contribution is 0.0717. The van der Waals surface area contributed by atoms with E-state index in [-0.39, 0.29) is 5.97 Å². The second-order valence-electron chi connectivity index (χ2n) is 5.01. The van der Waals surface area contributed by atoms with Gasteiger partial charge in [0.05, 0.1) is 5.56 Å². The predicted molar refractivity (Wildman–Crippen MR) is 83.7 cm³/mol. The van der Waals surface area contributed by atoms with E-state index in [0.29, 0.717) is 11.3 Å². The molecule has 2 heteroatoms. The van der Waals surface area contributed by atoms with Crippen molar-refractivity contribution in [1.82, 2.24) is 0 Å². The quantitative estimate of drug-likeness (QED) is 0.609. The molecular formula is C19H12O2. The van der Waals surface area contributed by atoms with Crippen LogP contribution in [0.2, 0.25) is 0 Å². The smallest absolute Gasteiger partial charge is 0.344 e. The Kier molecular flexibility index (Phi) is 2.61.